The van der Waals surface area contributed by atoms with Gasteiger partial charge in [-0.2, -0.15) is 0 Å². The number of thioether (sulfide) groups is 1. The van der Waals surface area contributed by atoms with Gasteiger partial charge in [-0.05, 0) is 13.0 Å². The van der Waals surface area contributed by atoms with Crippen LogP contribution in [0.3, 0.4) is 0 Å². The minimum Gasteiger partial charge on any atom is -0.339 e. The molecule has 0 bridgehead atoms. The van der Waals surface area contributed by atoms with Crippen molar-refractivity contribution in [1.82, 2.24) is 15.1 Å². The number of halogens is 1. The molecule has 2 aliphatic rings. The van der Waals surface area contributed by atoms with Crippen molar-refractivity contribution >= 4 is 30.1 Å². The summed E-state index contributed by atoms with van der Waals surface area (Å²) in [6.07, 6.45) is 1.26. The molecule has 1 N–H and O–H groups in total. The van der Waals surface area contributed by atoms with Gasteiger partial charge in [0.1, 0.15) is 0 Å². The Balaban J connectivity index is 0.00000200. The highest BCUT2D eigenvalue weighted by atomic mass is 35.5. The summed E-state index contributed by atoms with van der Waals surface area (Å²) in [6.45, 7) is 12.6. The molecular weight excluding hydrogens is 294 g/mol. The number of carbonyl (C=O) groups excluding carboxylic acids is 1. The van der Waals surface area contributed by atoms with Gasteiger partial charge in [-0.25, -0.2) is 0 Å². The minimum atomic E-state index is 0. The lowest BCUT2D eigenvalue weighted by atomic mass is 10.2. The van der Waals surface area contributed by atoms with Crippen LogP contribution in [-0.4, -0.2) is 71.5 Å². The van der Waals surface area contributed by atoms with Crippen molar-refractivity contribution in [3.8, 4) is 0 Å². The minimum absolute atomic E-state index is 0. The van der Waals surface area contributed by atoms with Crippen LogP contribution in [0.4, 0.5) is 0 Å². The number of piperazine rings is 1. The number of hydrogen-bond acceptors (Lipinski definition) is 4. The van der Waals surface area contributed by atoms with E-state index < -0.39 is 0 Å². The molecular formula is C14H28ClN3OS. The van der Waals surface area contributed by atoms with Gasteiger partial charge in [0.15, 0.2) is 0 Å². The molecule has 1 atom stereocenters. The quantitative estimate of drug-likeness (QED) is 0.853. The zero-order valence-corrected chi connectivity index (χ0v) is 14.5. The van der Waals surface area contributed by atoms with Gasteiger partial charge in [0.05, 0.1) is 5.75 Å². The fraction of sp³-hybridized carbons (Fsp3) is 0.929. The second-order valence-corrected chi connectivity index (χ2v) is 8.27. The van der Waals surface area contributed by atoms with E-state index >= 15 is 0 Å². The van der Waals surface area contributed by atoms with E-state index in [1.165, 1.54) is 6.42 Å². The van der Waals surface area contributed by atoms with Gasteiger partial charge in [-0.1, -0.05) is 20.8 Å². The first-order valence-corrected chi connectivity index (χ1v) is 8.31. The van der Waals surface area contributed by atoms with E-state index in [1.807, 2.05) is 4.90 Å². The SMILES string of the molecule is CC(C)(C)SCC(=O)N1CCN(C2CCNC2)CC1.Cl. The van der Waals surface area contributed by atoms with E-state index in [-0.39, 0.29) is 17.2 Å². The van der Waals surface area contributed by atoms with Crippen LogP contribution < -0.4 is 5.32 Å². The zero-order valence-electron chi connectivity index (χ0n) is 12.9. The number of amides is 1. The van der Waals surface area contributed by atoms with E-state index in [2.05, 4.69) is 31.0 Å². The summed E-state index contributed by atoms with van der Waals surface area (Å²) in [4.78, 5) is 16.7. The number of nitrogens with zero attached hydrogens (tertiary/aromatic N) is 2. The molecule has 20 heavy (non-hydrogen) atoms. The van der Waals surface area contributed by atoms with Gasteiger partial charge in [0.25, 0.3) is 0 Å². The lowest BCUT2D eigenvalue weighted by Gasteiger charge is -2.38. The summed E-state index contributed by atoms with van der Waals surface area (Å²) in [5, 5.41) is 3.41. The summed E-state index contributed by atoms with van der Waals surface area (Å²) >= 11 is 1.75. The van der Waals surface area contributed by atoms with Crippen molar-refractivity contribution in [1.29, 1.82) is 0 Å². The standard InChI is InChI=1S/C14H27N3OS.ClH/c1-14(2,3)19-11-13(18)17-8-6-16(7-9-17)12-4-5-15-10-12;/h12,15H,4-11H2,1-3H3;1H. The zero-order chi connectivity index (χ0) is 13.9. The molecule has 118 valence electrons. The van der Waals surface area contributed by atoms with E-state index in [0.29, 0.717) is 17.7 Å². The van der Waals surface area contributed by atoms with Crippen LogP contribution >= 0.6 is 24.2 Å². The fourth-order valence-corrected chi connectivity index (χ4v) is 3.40. The molecule has 2 aliphatic heterocycles. The Hall–Kier alpha value is 0.0300. The Morgan fingerprint density at radius 2 is 1.90 bits per heavy atom. The molecule has 6 heteroatoms. The smallest absolute Gasteiger partial charge is 0.232 e. The Morgan fingerprint density at radius 3 is 2.40 bits per heavy atom. The maximum absolute atomic E-state index is 12.1. The second kappa shape index (κ2) is 7.87. The number of hydrogen-bond donors (Lipinski definition) is 1. The topological polar surface area (TPSA) is 35.6 Å². The van der Waals surface area contributed by atoms with Crippen molar-refractivity contribution in [3.05, 3.63) is 0 Å². The molecule has 2 saturated heterocycles. The molecule has 0 spiro atoms. The average Bonchev–Trinajstić information content (AvgIpc) is 2.89. The van der Waals surface area contributed by atoms with Crippen molar-refractivity contribution < 1.29 is 4.79 Å². The first-order chi connectivity index (χ1) is 8.96. The second-order valence-electron chi connectivity index (χ2n) is 6.46. The van der Waals surface area contributed by atoms with Crippen molar-refractivity contribution in [2.45, 2.75) is 38.0 Å². The van der Waals surface area contributed by atoms with E-state index in [0.717, 1.165) is 39.3 Å². The third-order valence-corrected chi connectivity index (χ3v) is 5.10. The summed E-state index contributed by atoms with van der Waals surface area (Å²) in [6, 6.07) is 0.696. The summed E-state index contributed by atoms with van der Waals surface area (Å²) in [5.41, 5.74) is 0. The molecule has 1 amide bonds. The van der Waals surface area contributed by atoms with Gasteiger partial charge in [0, 0.05) is 43.5 Å². The summed E-state index contributed by atoms with van der Waals surface area (Å²) in [5.74, 6) is 0.929. The maximum atomic E-state index is 12.1. The Kier molecular flexibility index (Phi) is 7.12. The maximum Gasteiger partial charge on any atom is 0.232 e. The van der Waals surface area contributed by atoms with Crippen molar-refractivity contribution in [2.24, 2.45) is 0 Å². The Morgan fingerprint density at radius 1 is 1.25 bits per heavy atom. The van der Waals surface area contributed by atoms with E-state index in [1.54, 1.807) is 11.8 Å². The molecule has 0 aromatic heterocycles. The van der Waals surface area contributed by atoms with Gasteiger partial charge in [-0.3, -0.25) is 9.69 Å². The van der Waals surface area contributed by atoms with Crippen LogP contribution in [0.15, 0.2) is 0 Å². The molecule has 0 aliphatic carbocycles. The molecule has 0 radical (unpaired) electrons. The number of rotatable bonds is 3. The monoisotopic (exact) mass is 321 g/mol. The number of carbonyl (C=O) groups is 1. The Bertz CT molecular complexity index is 308. The van der Waals surface area contributed by atoms with Crippen molar-refractivity contribution in [2.75, 3.05) is 45.0 Å². The van der Waals surface area contributed by atoms with E-state index in [4.69, 9.17) is 0 Å². The molecule has 1 unspecified atom stereocenters. The van der Waals surface area contributed by atoms with Gasteiger partial charge in [0.2, 0.25) is 5.91 Å². The molecule has 4 nitrogen and oxygen atoms in total. The highest BCUT2D eigenvalue weighted by Crippen LogP contribution is 2.23. The third kappa shape index (κ3) is 5.43. The lowest BCUT2D eigenvalue weighted by molar-refractivity contribution is -0.130. The predicted octanol–water partition coefficient (Wildman–Crippen LogP) is 1.45. The summed E-state index contributed by atoms with van der Waals surface area (Å²) < 4.78 is 0.174. The average molecular weight is 322 g/mol. The normalized spacial score (nSPS) is 24.6. The van der Waals surface area contributed by atoms with Gasteiger partial charge < -0.3 is 10.2 Å². The summed E-state index contributed by atoms with van der Waals surface area (Å²) in [7, 11) is 0. The van der Waals surface area contributed by atoms with Crippen LogP contribution in [-0.2, 0) is 4.79 Å². The predicted molar refractivity (Wildman–Crippen MR) is 88.9 cm³/mol. The first kappa shape index (κ1) is 18.1. The highest BCUT2D eigenvalue weighted by molar-refractivity contribution is 8.01. The largest absolute Gasteiger partial charge is 0.339 e. The first-order valence-electron chi connectivity index (χ1n) is 7.32. The number of nitrogens with one attached hydrogen (secondary N) is 1. The van der Waals surface area contributed by atoms with Crippen LogP contribution in [0.25, 0.3) is 0 Å². The molecule has 0 aromatic carbocycles. The van der Waals surface area contributed by atoms with Gasteiger partial charge >= 0.3 is 0 Å². The van der Waals surface area contributed by atoms with Crippen LogP contribution in [0.2, 0.25) is 0 Å². The Labute approximate surface area is 133 Å². The van der Waals surface area contributed by atoms with Crippen LogP contribution in [0, 0.1) is 0 Å². The van der Waals surface area contributed by atoms with Crippen LogP contribution in [0.1, 0.15) is 27.2 Å². The third-order valence-electron chi connectivity index (χ3n) is 3.85. The van der Waals surface area contributed by atoms with Gasteiger partial charge in [-0.15, -0.1) is 24.2 Å². The molecule has 2 rings (SSSR count). The lowest BCUT2D eigenvalue weighted by Crippen LogP contribution is -2.52. The highest BCUT2D eigenvalue weighted by Gasteiger charge is 2.28. The molecule has 0 aromatic rings. The van der Waals surface area contributed by atoms with Crippen molar-refractivity contribution in [3.63, 3.8) is 0 Å². The van der Waals surface area contributed by atoms with E-state index in [9.17, 15) is 4.79 Å². The van der Waals surface area contributed by atoms with Crippen LogP contribution in [0.5, 0.6) is 0 Å². The fourth-order valence-electron chi connectivity index (χ4n) is 2.66. The molecule has 2 heterocycles. The molecule has 2 fully saturated rings. The molecule has 0 saturated carbocycles.